The van der Waals surface area contributed by atoms with Crippen LogP contribution in [0.25, 0.3) is 0 Å². The van der Waals surface area contributed by atoms with E-state index in [2.05, 4.69) is 4.90 Å². The van der Waals surface area contributed by atoms with E-state index >= 15 is 0 Å². The molecular formula is C16H21NO7. The van der Waals surface area contributed by atoms with Crippen molar-refractivity contribution in [2.24, 2.45) is 0 Å². The van der Waals surface area contributed by atoms with Gasteiger partial charge in [0.05, 0.1) is 13.2 Å². The Bertz CT molecular complexity index is 538. The molecule has 2 N–H and O–H groups in total. The number of hydrogen-bond acceptors (Lipinski definition) is 6. The van der Waals surface area contributed by atoms with Crippen LogP contribution in [0.4, 0.5) is 0 Å². The molecule has 1 aromatic carbocycles. The Morgan fingerprint density at radius 1 is 1.08 bits per heavy atom. The molecule has 8 heteroatoms. The molecule has 1 aliphatic heterocycles. The van der Waals surface area contributed by atoms with Crippen molar-refractivity contribution in [1.29, 1.82) is 0 Å². The SMILES string of the molecule is CC(=O)c1ccc(OCCN2CCOCC2)cc1.O=C(O)C(=O)O. The Hall–Kier alpha value is -2.45. The maximum Gasteiger partial charge on any atom is 0.414 e. The first-order valence-corrected chi connectivity index (χ1v) is 7.40. The first-order chi connectivity index (χ1) is 11.4. The van der Waals surface area contributed by atoms with Crippen molar-refractivity contribution in [3.8, 4) is 5.75 Å². The molecule has 1 saturated heterocycles. The van der Waals surface area contributed by atoms with Crippen LogP contribution in [0, 0.1) is 0 Å². The summed E-state index contributed by atoms with van der Waals surface area (Å²) in [5.74, 6) is -2.76. The zero-order valence-electron chi connectivity index (χ0n) is 13.4. The average Bonchev–Trinajstić information content (AvgIpc) is 2.57. The van der Waals surface area contributed by atoms with Gasteiger partial charge in [-0.05, 0) is 31.2 Å². The number of benzene rings is 1. The van der Waals surface area contributed by atoms with E-state index in [1.165, 1.54) is 0 Å². The van der Waals surface area contributed by atoms with Crippen molar-refractivity contribution in [2.75, 3.05) is 39.5 Å². The minimum Gasteiger partial charge on any atom is -0.492 e. The molecule has 1 aliphatic rings. The maximum atomic E-state index is 11.1. The van der Waals surface area contributed by atoms with E-state index in [1.807, 2.05) is 12.1 Å². The first-order valence-electron chi connectivity index (χ1n) is 7.40. The molecule has 24 heavy (non-hydrogen) atoms. The zero-order valence-corrected chi connectivity index (χ0v) is 13.4. The van der Waals surface area contributed by atoms with Crippen LogP contribution in [0.3, 0.4) is 0 Å². The molecule has 0 unspecified atom stereocenters. The van der Waals surface area contributed by atoms with Crippen LogP contribution < -0.4 is 4.74 Å². The van der Waals surface area contributed by atoms with E-state index in [0.29, 0.717) is 6.61 Å². The van der Waals surface area contributed by atoms with Crippen LogP contribution in [0.2, 0.25) is 0 Å². The minimum atomic E-state index is -1.82. The molecule has 132 valence electrons. The molecule has 0 radical (unpaired) electrons. The number of rotatable bonds is 5. The highest BCUT2D eigenvalue weighted by Gasteiger charge is 2.09. The molecule has 1 aromatic rings. The minimum absolute atomic E-state index is 0.0786. The average molecular weight is 339 g/mol. The van der Waals surface area contributed by atoms with E-state index < -0.39 is 11.9 Å². The predicted molar refractivity (Wildman–Crippen MR) is 84.5 cm³/mol. The molecule has 0 atom stereocenters. The third-order valence-corrected chi connectivity index (χ3v) is 3.22. The van der Waals surface area contributed by atoms with Gasteiger partial charge in [0.2, 0.25) is 0 Å². The lowest BCUT2D eigenvalue weighted by molar-refractivity contribution is -0.159. The third-order valence-electron chi connectivity index (χ3n) is 3.22. The number of carboxylic acids is 2. The zero-order chi connectivity index (χ0) is 17.9. The summed E-state index contributed by atoms with van der Waals surface area (Å²) >= 11 is 0. The van der Waals surface area contributed by atoms with Gasteiger partial charge in [0.1, 0.15) is 12.4 Å². The highest BCUT2D eigenvalue weighted by molar-refractivity contribution is 6.27. The molecule has 0 aliphatic carbocycles. The summed E-state index contributed by atoms with van der Waals surface area (Å²) in [6, 6.07) is 7.28. The highest BCUT2D eigenvalue weighted by Crippen LogP contribution is 2.12. The van der Waals surface area contributed by atoms with E-state index in [-0.39, 0.29) is 5.78 Å². The number of nitrogens with zero attached hydrogens (tertiary/aromatic N) is 1. The van der Waals surface area contributed by atoms with Gasteiger partial charge in [0.25, 0.3) is 0 Å². The molecule has 8 nitrogen and oxygen atoms in total. The largest absolute Gasteiger partial charge is 0.492 e. The summed E-state index contributed by atoms with van der Waals surface area (Å²) in [7, 11) is 0. The summed E-state index contributed by atoms with van der Waals surface area (Å²) in [4.78, 5) is 31.6. The molecule has 0 bridgehead atoms. The van der Waals surface area contributed by atoms with E-state index in [9.17, 15) is 4.79 Å². The third kappa shape index (κ3) is 7.70. The number of aliphatic carboxylic acids is 2. The fourth-order valence-corrected chi connectivity index (χ4v) is 1.90. The van der Waals surface area contributed by atoms with Crippen LogP contribution in [-0.4, -0.2) is 72.3 Å². The number of carbonyl (C=O) groups excluding carboxylic acids is 1. The Kier molecular flexibility index (Phi) is 8.45. The maximum absolute atomic E-state index is 11.1. The van der Waals surface area contributed by atoms with Crippen molar-refractivity contribution in [1.82, 2.24) is 4.90 Å². The smallest absolute Gasteiger partial charge is 0.414 e. The number of hydrogen-bond donors (Lipinski definition) is 2. The van der Waals surface area contributed by atoms with Gasteiger partial charge >= 0.3 is 11.9 Å². The standard InChI is InChI=1S/C14H19NO3.C2H2O4/c1-12(16)13-2-4-14(5-3-13)18-11-8-15-6-9-17-10-7-15;3-1(4)2(5)6/h2-5H,6-11H2,1H3;(H,3,4)(H,5,6). The lowest BCUT2D eigenvalue weighted by Crippen LogP contribution is -2.38. The molecular weight excluding hydrogens is 318 g/mol. The number of morpholine rings is 1. The van der Waals surface area contributed by atoms with Crippen LogP contribution in [0.5, 0.6) is 5.75 Å². The molecule has 1 fully saturated rings. The molecule has 0 aromatic heterocycles. The van der Waals surface area contributed by atoms with Gasteiger partial charge < -0.3 is 19.7 Å². The topological polar surface area (TPSA) is 113 Å². The molecule has 0 saturated carbocycles. The lowest BCUT2D eigenvalue weighted by Gasteiger charge is -2.26. The Balaban J connectivity index is 0.000000413. The predicted octanol–water partition coefficient (Wildman–Crippen LogP) is 0.756. The Morgan fingerprint density at radius 2 is 1.62 bits per heavy atom. The van der Waals surface area contributed by atoms with Crippen LogP contribution in [0.15, 0.2) is 24.3 Å². The van der Waals surface area contributed by atoms with Gasteiger partial charge in [-0.1, -0.05) is 0 Å². The molecule has 0 spiro atoms. The van der Waals surface area contributed by atoms with Crippen molar-refractivity contribution < 1.29 is 34.1 Å². The normalized spacial score (nSPS) is 14.2. The summed E-state index contributed by atoms with van der Waals surface area (Å²) in [6.45, 7) is 6.73. The van der Waals surface area contributed by atoms with Gasteiger partial charge in [-0.2, -0.15) is 0 Å². The van der Waals surface area contributed by atoms with E-state index in [0.717, 1.165) is 44.2 Å². The number of ketones is 1. The fraction of sp³-hybridized carbons (Fsp3) is 0.438. The van der Waals surface area contributed by atoms with Crippen molar-refractivity contribution in [3.63, 3.8) is 0 Å². The second-order valence-corrected chi connectivity index (χ2v) is 4.99. The summed E-state index contributed by atoms with van der Waals surface area (Å²) in [5, 5.41) is 14.8. The van der Waals surface area contributed by atoms with Gasteiger partial charge in [-0.15, -0.1) is 0 Å². The van der Waals surface area contributed by atoms with Gasteiger partial charge in [0.15, 0.2) is 5.78 Å². The number of carbonyl (C=O) groups is 3. The van der Waals surface area contributed by atoms with Crippen LogP contribution in [-0.2, 0) is 14.3 Å². The van der Waals surface area contributed by atoms with Crippen LogP contribution >= 0.6 is 0 Å². The number of Topliss-reactive ketones (excluding diaryl/α,β-unsaturated/α-hetero) is 1. The highest BCUT2D eigenvalue weighted by atomic mass is 16.5. The Morgan fingerprint density at radius 3 is 2.08 bits per heavy atom. The van der Waals surface area contributed by atoms with E-state index in [1.54, 1.807) is 19.1 Å². The summed E-state index contributed by atoms with van der Waals surface area (Å²) in [6.07, 6.45) is 0. The van der Waals surface area contributed by atoms with E-state index in [4.69, 9.17) is 29.3 Å². The second kappa shape index (κ2) is 10.3. The summed E-state index contributed by atoms with van der Waals surface area (Å²) < 4.78 is 10.9. The fourth-order valence-electron chi connectivity index (χ4n) is 1.90. The molecule has 1 heterocycles. The van der Waals surface area contributed by atoms with Gasteiger partial charge in [-0.25, -0.2) is 9.59 Å². The van der Waals surface area contributed by atoms with Crippen LogP contribution in [0.1, 0.15) is 17.3 Å². The second-order valence-electron chi connectivity index (χ2n) is 4.99. The molecule has 0 amide bonds. The van der Waals surface area contributed by atoms with Crippen molar-refractivity contribution >= 4 is 17.7 Å². The lowest BCUT2D eigenvalue weighted by atomic mass is 10.1. The molecule has 2 rings (SSSR count). The quantitative estimate of drug-likeness (QED) is 0.597. The Labute approximate surface area is 139 Å². The first kappa shape index (κ1) is 19.6. The van der Waals surface area contributed by atoms with Crippen molar-refractivity contribution in [3.05, 3.63) is 29.8 Å². The number of ether oxygens (including phenoxy) is 2. The van der Waals surface area contributed by atoms with Crippen molar-refractivity contribution in [2.45, 2.75) is 6.92 Å². The monoisotopic (exact) mass is 339 g/mol. The number of carboxylic acid groups (broad SMARTS) is 2. The summed E-state index contributed by atoms with van der Waals surface area (Å²) in [5.41, 5.74) is 0.718. The van der Waals surface area contributed by atoms with Gasteiger partial charge in [0, 0.05) is 25.2 Å². The van der Waals surface area contributed by atoms with Gasteiger partial charge in [-0.3, -0.25) is 9.69 Å².